The van der Waals surface area contributed by atoms with Crippen LogP contribution in [0.3, 0.4) is 0 Å². The Labute approximate surface area is 250 Å². The minimum atomic E-state index is -0.285. The van der Waals surface area contributed by atoms with E-state index in [1.54, 1.807) is 17.8 Å². The number of nitrogens with zero attached hydrogens (tertiary/aromatic N) is 5. The molecule has 0 saturated heterocycles. The summed E-state index contributed by atoms with van der Waals surface area (Å²) in [6.07, 6.45) is 3.45. The minimum Gasteiger partial charge on any atom is -0.340 e. The Balaban J connectivity index is 1.21. The molecule has 0 aliphatic rings. The van der Waals surface area contributed by atoms with Crippen LogP contribution in [0.4, 0.5) is 0 Å². The molecule has 0 atom stereocenters. The Bertz CT molecular complexity index is 1720. The molecule has 3 aromatic heterocycles. The van der Waals surface area contributed by atoms with Gasteiger partial charge in [-0.05, 0) is 41.5 Å². The molecule has 0 spiro atoms. The third-order valence-corrected chi connectivity index (χ3v) is 8.50. The van der Waals surface area contributed by atoms with Gasteiger partial charge in [-0.15, -0.1) is 21.5 Å². The number of thioether (sulfide) groups is 1. The van der Waals surface area contributed by atoms with E-state index in [1.807, 2.05) is 102 Å². The van der Waals surface area contributed by atoms with Crippen molar-refractivity contribution >= 4 is 40.6 Å². The maximum absolute atomic E-state index is 13.3. The molecule has 202 valence electrons. The number of pyridine rings is 1. The molecule has 0 aliphatic carbocycles. The maximum atomic E-state index is 13.3. The average molecular weight is 595 g/mol. The van der Waals surface area contributed by atoms with Crippen LogP contribution in [0.5, 0.6) is 0 Å². The monoisotopic (exact) mass is 594 g/mol. The average Bonchev–Trinajstić information content (AvgIpc) is 3.68. The molecule has 3 heterocycles. The molecule has 6 aromatic rings. The van der Waals surface area contributed by atoms with Crippen molar-refractivity contribution in [1.29, 1.82) is 0 Å². The zero-order valence-corrected chi connectivity index (χ0v) is 24.0. The van der Waals surface area contributed by atoms with Crippen LogP contribution in [0.25, 0.3) is 17.1 Å². The first-order chi connectivity index (χ1) is 20.2. The van der Waals surface area contributed by atoms with Gasteiger partial charge >= 0.3 is 0 Å². The van der Waals surface area contributed by atoms with E-state index in [1.165, 1.54) is 23.1 Å². The van der Waals surface area contributed by atoms with E-state index in [0.717, 1.165) is 27.4 Å². The van der Waals surface area contributed by atoms with Crippen molar-refractivity contribution in [3.63, 3.8) is 0 Å². The first-order valence-corrected chi connectivity index (χ1v) is 15.0. The summed E-state index contributed by atoms with van der Waals surface area (Å²) in [5, 5.41) is 16.0. The minimum absolute atomic E-state index is 0.225. The van der Waals surface area contributed by atoms with Crippen molar-refractivity contribution in [1.82, 2.24) is 30.0 Å². The fraction of sp³-hybridized carbons (Fsp3) is 0.0645. The van der Waals surface area contributed by atoms with Gasteiger partial charge in [0.25, 0.3) is 5.91 Å². The Kier molecular flexibility index (Phi) is 8.18. The first kappa shape index (κ1) is 26.9. The molecule has 6 rings (SSSR count). The number of halogens is 1. The van der Waals surface area contributed by atoms with Crippen LogP contribution in [0.15, 0.2) is 120 Å². The smallest absolute Gasteiger partial charge is 0.271 e. The summed E-state index contributed by atoms with van der Waals surface area (Å²) >= 11 is 9.25. The van der Waals surface area contributed by atoms with Crippen LogP contribution in [0.1, 0.15) is 32.7 Å². The summed E-state index contributed by atoms with van der Waals surface area (Å²) in [5.74, 6) is 0.981. The summed E-state index contributed by atoms with van der Waals surface area (Å²) in [6.45, 7) is 0. The van der Waals surface area contributed by atoms with Crippen LogP contribution in [0, 0.1) is 0 Å². The molecule has 0 aliphatic heterocycles. The van der Waals surface area contributed by atoms with E-state index in [9.17, 15) is 4.79 Å². The largest absolute Gasteiger partial charge is 0.340 e. The van der Waals surface area contributed by atoms with Gasteiger partial charge in [0.05, 0.1) is 17.5 Å². The van der Waals surface area contributed by atoms with Crippen molar-refractivity contribution < 1.29 is 4.79 Å². The van der Waals surface area contributed by atoms with Crippen molar-refractivity contribution in [2.24, 2.45) is 0 Å². The highest BCUT2D eigenvalue weighted by Crippen LogP contribution is 2.31. The standard InChI is InChI=1S/C31H23ClN6OS2/c32-24-12-7-13-25(18-24)38-29(23-14-16-33-17-15-23)36-37-31(38)41-20-27-34-26(19-40-27)30(39)35-28(21-8-3-1-4-9-21)22-10-5-2-6-11-22/h1-19,28H,20H2,(H,35,39). The first-order valence-electron chi connectivity index (χ1n) is 12.8. The number of carbonyl (C=O) groups excluding carboxylic acids is 1. The molecular formula is C31H23ClN6OS2. The fourth-order valence-corrected chi connectivity index (χ4v) is 6.29. The lowest BCUT2D eigenvalue weighted by atomic mass is 9.98. The van der Waals surface area contributed by atoms with Crippen LogP contribution < -0.4 is 5.32 Å². The van der Waals surface area contributed by atoms with Gasteiger partial charge in [0.15, 0.2) is 11.0 Å². The predicted octanol–water partition coefficient (Wildman–Crippen LogP) is 7.25. The molecular weight excluding hydrogens is 572 g/mol. The van der Waals surface area contributed by atoms with Crippen molar-refractivity contribution in [3.05, 3.63) is 142 Å². The molecule has 0 saturated carbocycles. The Hall–Kier alpha value is -4.31. The summed E-state index contributed by atoms with van der Waals surface area (Å²) < 4.78 is 1.97. The van der Waals surface area contributed by atoms with E-state index < -0.39 is 0 Å². The van der Waals surface area contributed by atoms with Crippen LogP contribution in [-0.4, -0.2) is 30.6 Å². The summed E-state index contributed by atoms with van der Waals surface area (Å²) in [6, 6.07) is 30.9. The van der Waals surface area contributed by atoms with E-state index in [0.29, 0.717) is 27.5 Å². The van der Waals surface area contributed by atoms with Crippen molar-refractivity contribution in [2.75, 3.05) is 0 Å². The van der Waals surface area contributed by atoms with Crippen molar-refractivity contribution in [3.8, 4) is 17.1 Å². The number of amides is 1. The second-order valence-corrected chi connectivity index (χ2v) is 11.3. The number of benzene rings is 3. The lowest BCUT2D eigenvalue weighted by Crippen LogP contribution is -2.29. The van der Waals surface area contributed by atoms with E-state index in [2.05, 4.69) is 25.5 Å². The highest BCUT2D eigenvalue weighted by atomic mass is 35.5. The molecule has 0 bridgehead atoms. The number of nitrogens with one attached hydrogen (secondary N) is 1. The molecule has 3 aromatic carbocycles. The van der Waals surface area contributed by atoms with Gasteiger partial charge in [0.1, 0.15) is 10.7 Å². The van der Waals surface area contributed by atoms with E-state index in [4.69, 9.17) is 11.6 Å². The highest BCUT2D eigenvalue weighted by Gasteiger charge is 2.21. The SMILES string of the molecule is O=C(NC(c1ccccc1)c1ccccc1)c1csc(CSc2nnc(-c3ccncc3)n2-c2cccc(Cl)c2)n1. The number of hydrogen-bond acceptors (Lipinski definition) is 7. The second-order valence-electron chi connectivity index (χ2n) is 9.00. The topological polar surface area (TPSA) is 85.6 Å². The van der Waals surface area contributed by atoms with Gasteiger partial charge in [-0.25, -0.2) is 4.98 Å². The third kappa shape index (κ3) is 6.22. The van der Waals surface area contributed by atoms with Gasteiger partial charge in [0.2, 0.25) is 0 Å². The Morgan fingerprint density at radius 3 is 2.29 bits per heavy atom. The quantitative estimate of drug-likeness (QED) is 0.177. The fourth-order valence-electron chi connectivity index (χ4n) is 4.36. The molecule has 7 nitrogen and oxygen atoms in total. The lowest BCUT2D eigenvalue weighted by molar-refractivity contribution is 0.0938. The van der Waals surface area contributed by atoms with Gasteiger partial charge in [-0.1, -0.05) is 90.1 Å². The molecule has 10 heteroatoms. The number of aromatic nitrogens is 5. The Morgan fingerprint density at radius 1 is 0.902 bits per heavy atom. The third-order valence-electron chi connectivity index (χ3n) is 6.29. The molecule has 0 unspecified atom stereocenters. The molecule has 1 amide bonds. The molecule has 41 heavy (non-hydrogen) atoms. The Morgan fingerprint density at radius 2 is 1.61 bits per heavy atom. The normalized spacial score (nSPS) is 11.1. The van der Waals surface area contributed by atoms with Gasteiger partial charge < -0.3 is 5.32 Å². The van der Waals surface area contributed by atoms with Crippen LogP contribution in [0.2, 0.25) is 5.02 Å². The molecule has 1 N–H and O–H groups in total. The van der Waals surface area contributed by atoms with Crippen LogP contribution >= 0.6 is 34.7 Å². The zero-order chi connectivity index (χ0) is 28.0. The maximum Gasteiger partial charge on any atom is 0.271 e. The summed E-state index contributed by atoms with van der Waals surface area (Å²) in [5.41, 5.74) is 4.13. The van der Waals surface area contributed by atoms with E-state index in [-0.39, 0.29) is 11.9 Å². The van der Waals surface area contributed by atoms with Crippen molar-refractivity contribution in [2.45, 2.75) is 17.0 Å². The number of hydrogen-bond donors (Lipinski definition) is 1. The summed E-state index contributed by atoms with van der Waals surface area (Å²) in [4.78, 5) is 22.1. The number of rotatable bonds is 9. The van der Waals surface area contributed by atoms with E-state index >= 15 is 0 Å². The number of carbonyl (C=O) groups is 1. The molecule has 0 radical (unpaired) electrons. The van der Waals surface area contributed by atoms with Gasteiger partial charge in [-0.2, -0.15) is 0 Å². The van der Waals surface area contributed by atoms with Gasteiger partial charge in [0, 0.05) is 28.4 Å². The van der Waals surface area contributed by atoms with Crippen LogP contribution in [-0.2, 0) is 5.75 Å². The lowest BCUT2D eigenvalue weighted by Gasteiger charge is -2.19. The number of thiazole rings is 1. The van der Waals surface area contributed by atoms with Gasteiger partial charge in [-0.3, -0.25) is 14.3 Å². The highest BCUT2D eigenvalue weighted by molar-refractivity contribution is 7.98. The predicted molar refractivity (Wildman–Crippen MR) is 163 cm³/mol. The second kappa shape index (κ2) is 12.5. The zero-order valence-electron chi connectivity index (χ0n) is 21.6. The summed E-state index contributed by atoms with van der Waals surface area (Å²) in [7, 11) is 0. The molecule has 0 fully saturated rings.